The van der Waals surface area contributed by atoms with Crippen molar-refractivity contribution in [3.05, 3.63) is 83.3 Å². The van der Waals surface area contributed by atoms with Crippen molar-refractivity contribution in [1.29, 1.82) is 0 Å². The Kier molecular flexibility index (Phi) is 4.53. The van der Waals surface area contributed by atoms with E-state index in [1.807, 2.05) is 41.8 Å². The zero-order valence-electron chi connectivity index (χ0n) is 13.6. The molecular formula is C19H14N4O2S. The van der Waals surface area contributed by atoms with Crippen molar-refractivity contribution in [2.75, 3.05) is 5.32 Å². The fourth-order valence-electron chi connectivity index (χ4n) is 2.48. The minimum absolute atomic E-state index is 0.213. The maximum Gasteiger partial charge on any atom is 0.257 e. The Balaban J connectivity index is 1.54. The number of benzene rings is 1. The summed E-state index contributed by atoms with van der Waals surface area (Å²) in [6, 6.07) is 14.9. The Morgan fingerprint density at radius 3 is 2.85 bits per heavy atom. The van der Waals surface area contributed by atoms with Crippen LogP contribution in [0.4, 0.5) is 5.69 Å². The lowest BCUT2D eigenvalue weighted by Gasteiger charge is -2.09. The molecule has 26 heavy (non-hydrogen) atoms. The molecule has 0 aliphatic carbocycles. The molecule has 0 aliphatic heterocycles. The van der Waals surface area contributed by atoms with Crippen LogP contribution < -0.4 is 5.32 Å². The van der Waals surface area contributed by atoms with Crippen LogP contribution in [0.5, 0.6) is 0 Å². The van der Waals surface area contributed by atoms with Gasteiger partial charge in [0.25, 0.3) is 5.91 Å². The largest absolute Gasteiger partial charge is 0.339 e. The first-order chi connectivity index (χ1) is 12.8. The lowest BCUT2D eigenvalue weighted by molar-refractivity contribution is 0.102. The van der Waals surface area contributed by atoms with Gasteiger partial charge in [0.1, 0.15) is 0 Å². The SMILES string of the molecule is O=C(Nc1ccccc1Cc1nc(-c2cccs2)no1)c1cccnc1. The molecule has 0 spiro atoms. The van der Waals surface area contributed by atoms with Gasteiger partial charge in [0.05, 0.1) is 16.9 Å². The fraction of sp³-hybridized carbons (Fsp3) is 0.0526. The summed E-state index contributed by atoms with van der Waals surface area (Å²) < 4.78 is 5.36. The number of carbonyl (C=O) groups is 1. The van der Waals surface area contributed by atoms with Crippen LogP contribution in [0.15, 0.2) is 70.8 Å². The summed E-state index contributed by atoms with van der Waals surface area (Å²) in [5.74, 6) is 0.860. The Hall–Kier alpha value is -3.32. The monoisotopic (exact) mass is 362 g/mol. The van der Waals surface area contributed by atoms with Gasteiger partial charge in [-0.25, -0.2) is 0 Å². The molecule has 0 unspecified atom stereocenters. The topological polar surface area (TPSA) is 80.9 Å². The molecule has 4 rings (SSSR count). The maximum absolute atomic E-state index is 12.4. The van der Waals surface area contributed by atoms with Gasteiger partial charge >= 0.3 is 0 Å². The van der Waals surface area contributed by atoms with Crippen molar-refractivity contribution in [2.24, 2.45) is 0 Å². The quantitative estimate of drug-likeness (QED) is 0.579. The summed E-state index contributed by atoms with van der Waals surface area (Å²) in [5.41, 5.74) is 2.10. The van der Waals surface area contributed by atoms with Gasteiger partial charge in [-0.15, -0.1) is 11.3 Å². The van der Waals surface area contributed by atoms with E-state index in [0.29, 0.717) is 29.4 Å². The molecule has 0 atom stereocenters. The van der Waals surface area contributed by atoms with Crippen molar-refractivity contribution in [2.45, 2.75) is 6.42 Å². The fourth-order valence-corrected chi connectivity index (χ4v) is 3.13. The van der Waals surface area contributed by atoms with Crippen LogP contribution in [0.3, 0.4) is 0 Å². The minimum Gasteiger partial charge on any atom is -0.339 e. The van der Waals surface area contributed by atoms with Crippen LogP contribution in [0.2, 0.25) is 0 Å². The number of aromatic nitrogens is 3. The van der Waals surface area contributed by atoms with E-state index >= 15 is 0 Å². The average molecular weight is 362 g/mol. The molecular weight excluding hydrogens is 348 g/mol. The number of hydrogen-bond donors (Lipinski definition) is 1. The predicted molar refractivity (Wildman–Crippen MR) is 99.0 cm³/mol. The van der Waals surface area contributed by atoms with Gasteiger partial charge in [-0.2, -0.15) is 4.98 Å². The highest BCUT2D eigenvalue weighted by atomic mass is 32.1. The van der Waals surface area contributed by atoms with Gasteiger partial charge in [-0.1, -0.05) is 29.4 Å². The molecule has 0 aliphatic rings. The van der Waals surface area contributed by atoms with Gasteiger partial charge in [-0.05, 0) is 35.2 Å². The molecule has 128 valence electrons. The van der Waals surface area contributed by atoms with Crippen molar-refractivity contribution in [3.8, 4) is 10.7 Å². The number of rotatable bonds is 5. The van der Waals surface area contributed by atoms with Gasteiger partial charge < -0.3 is 9.84 Å². The number of amides is 1. The Labute approximate surface area is 153 Å². The normalized spacial score (nSPS) is 10.6. The summed E-state index contributed by atoms with van der Waals surface area (Å²) in [6.45, 7) is 0. The first-order valence-electron chi connectivity index (χ1n) is 7.95. The second kappa shape index (κ2) is 7.28. The number of para-hydroxylation sites is 1. The lowest BCUT2D eigenvalue weighted by atomic mass is 10.1. The van der Waals surface area contributed by atoms with E-state index in [9.17, 15) is 4.79 Å². The van der Waals surface area contributed by atoms with Crippen LogP contribution in [-0.4, -0.2) is 21.0 Å². The van der Waals surface area contributed by atoms with E-state index in [4.69, 9.17) is 4.52 Å². The third-order valence-electron chi connectivity index (χ3n) is 3.74. The molecule has 0 saturated heterocycles. The zero-order valence-corrected chi connectivity index (χ0v) is 14.4. The lowest BCUT2D eigenvalue weighted by Crippen LogP contribution is -2.13. The van der Waals surface area contributed by atoms with E-state index in [2.05, 4.69) is 20.4 Å². The van der Waals surface area contributed by atoms with Crippen molar-refractivity contribution >= 4 is 22.9 Å². The third-order valence-corrected chi connectivity index (χ3v) is 4.61. The molecule has 0 bridgehead atoms. The maximum atomic E-state index is 12.4. The second-order valence-electron chi connectivity index (χ2n) is 5.52. The summed E-state index contributed by atoms with van der Waals surface area (Å²) >= 11 is 1.56. The van der Waals surface area contributed by atoms with E-state index in [1.54, 1.807) is 29.7 Å². The highest BCUT2D eigenvalue weighted by molar-refractivity contribution is 7.13. The molecule has 1 N–H and O–H groups in total. The molecule has 0 radical (unpaired) electrons. The minimum atomic E-state index is -0.213. The van der Waals surface area contributed by atoms with Crippen molar-refractivity contribution in [1.82, 2.24) is 15.1 Å². The molecule has 1 aromatic carbocycles. The molecule has 0 fully saturated rings. The van der Waals surface area contributed by atoms with Crippen LogP contribution in [0.25, 0.3) is 10.7 Å². The summed E-state index contributed by atoms with van der Waals surface area (Å²) in [7, 11) is 0. The van der Waals surface area contributed by atoms with E-state index < -0.39 is 0 Å². The van der Waals surface area contributed by atoms with Crippen LogP contribution in [0.1, 0.15) is 21.8 Å². The van der Waals surface area contributed by atoms with Crippen LogP contribution >= 0.6 is 11.3 Å². The highest BCUT2D eigenvalue weighted by Crippen LogP contribution is 2.24. The molecule has 3 heterocycles. The Morgan fingerprint density at radius 2 is 2.04 bits per heavy atom. The number of pyridine rings is 1. The van der Waals surface area contributed by atoms with Gasteiger partial charge in [0, 0.05) is 18.1 Å². The summed E-state index contributed by atoms with van der Waals surface area (Å²) in [6.07, 6.45) is 3.59. The predicted octanol–water partition coefficient (Wildman–Crippen LogP) is 4.04. The third kappa shape index (κ3) is 3.52. The van der Waals surface area contributed by atoms with E-state index in [-0.39, 0.29) is 5.91 Å². The van der Waals surface area contributed by atoms with Gasteiger partial charge in [-0.3, -0.25) is 9.78 Å². The number of hydrogen-bond acceptors (Lipinski definition) is 6. The van der Waals surface area contributed by atoms with Crippen molar-refractivity contribution < 1.29 is 9.32 Å². The van der Waals surface area contributed by atoms with Gasteiger partial charge in [0.15, 0.2) is 0 Å². The first-order valence-corrected chi connectivity index (χ1v) is 8.83. The Morgan fingerprint density at radius 1 is 1.12 bits per heavy atom. The second-order valence-corrected chi connectivity index (χ2v) is 6.47. The highest BCUT2D eigenvalue weighted by Gasteiger charge is 2.13. The number of thiophene rings is 1. The molecule has 0 saturated carbocycles. The molecule has 3 aromatic heterocycles. The molecule has 1 amide bonds. The Bertz CT molecular complexity index is 1010. The number of nitrogens with one attached hydrogen (secondary N) is 1. The number of anilines is 1. The summed E-state index contributed by atoms with van der Waals surface area (Å²) in [4.78, 5) is 21.7. The summed E-state index contributed by atoms with van der Waals surface area (Å²) in [5, 5.41) is 8.90. The van der Waals surface area contributed by atoms with Crippen LogP contribution in [-0.2, 0) is 6.42 Å². The number of nitrogens with zero attached hydrogens (tertiary/aromatic N) is 3. The zero-order chi connectivity index (χ0) is 17.8. The molecule has 4 aromatic rings. The van der Waals surface area contributed by atoms with E-state index in [1.165, 1.54) is 6.20 Å². The van der Waals surface area contributed by atoms with E-state index in [0.717, 1.165) is 10.4 Å². The first kappa shape index (κ1) is 16.2. The number of carbonyl (C=O) groups excluding carboxylic acids is 1. The smallest absolute Gasteiger partial charge is 0.257 e. The molecule has 7 heteroatoms. The average Bonchev–Trinajstić information content (AvgIpc) is 3.36. The van der Waals surface area contributed by atoms with Gasteiger partial charge in [0.2, 0.25) is 11.7 Å². The van der Waals surface area contributed by atoms with Crippen LogP contribution in [0, 0.1) is 0 Å². The van der Waals surface area contributed by atoms with Crippen molar-refractivity contribution in [3.63, 3.8) is 0 Å². The standard InChI is InChI=1S/C19H14N4O2S/c24-19(14-6-3-9-20-12-14)21-15-7-2-1-5-13(15)11-17-22-18(23-25-17)16-8-4-10-26-16/h1-10,12H,11H2,(H,21,24). The molecule has 6 nitrogen and oxygen atoms in total.